The number of hydrogen-bond donors (Lipinski definition) is 0. The maximum Gasteiger partial charge on any atom is 0.313 e. The second-order valence-corrected chi connectivity index (χ2v) is 3.85. The van der Waals surface area contributed by atoms with E-state index in [0.29, 0.717) is 5.75 Å². The van der Waals surface area contributed by atoms with Crippen LogP contribution in [0.5, 0.6) is 5.75 Å². The number of allylic oxidation sites excluding steroid dienone is 1. The van der Waals surface area contributed by atoms with Crippen LogP contribution in [0.4, 0.5) is 0 Å². The highest BCUT2D eigenvalue weighted by molar-refractivity contribution is 5.96. The van der Waals surface area contributed by atoms with Gasteiger partial charge in [-0.25, -0.2) is 0 Å². The summed E-state index contributed by atoms with van der Waals surface area (Å²) in [6, 6.07) is 7.40. The van der Waals surface area contributed by atoms with Crippen LogP contribution in [0.3, 0.4) is 0 Å². The number of benzene rings is 1. The number of carbonyl (C=O) groups excluding carboxylic acids is 2. The van der Waals surface area contributed by atoms with Crippen LogP contribution >= 0.6 is 0 Å². The molecule has 0 radical (unpaired) electrons. The maximum atomic E-state index is 11.5. The Kier molecular flexibility index (Phi) is 6.36. The Morgan fingerprint density at radius 3 is 2.68 bits per heavy atom. The Morgan fingerprint density at radius 2 is 2.00 bits per heavy atom. The van der Waals surface area contributed by atoms with Crippen molar-refractivity contribution >= 4 is 17.8 Å². The van der Waals surface area contributed by atoms with Gasteiger partial charge in [0.05, 0.1) is 6.61 Å². The van der Waals surface area contributed by atoms with Gasteiger partial charge in [0.25, 0.3) is 0 Å². The molecule has 0 aliphatic heterocycles. The predicted molar refractivity (Wildman–Crippen MR) is 72.9 cm³/mol. The molecule has 0 saturated heterocycles. The molecule has 0 bridgehead atoms. The molecule has 4 nitrogen and oxygen atoms in total. The highest BCUT2D eigenvalue weighted by Gasteiger charge is 2.11. The Balaban J connectivity index is 2.52. The molecule has 0 aliphatic rings. The van der Waals surface area contributed by atoms with E-state index < -0.39 is 5.97 Å². The smallest absolute Gasteiger partial charge is 0.313 e. The van der Waals surface area contributed by atoms with Crippen molar-refractivity contribution in [1.82, 2.24) is 0 Å². The van der Waals surface area contributed by atoms with Crippen molar-refractivity contribution in [2.45, 2.75) is 20.3 Å². The van der Waals surface area contributed by atoms with Gasteiger partial charge < -0.3 is 9.47 Å². The van der Waals surface area contributed by atoms with Crippen LogP contribution in [-0.4, -0.2) is 25.0 Å². The van der Waals surface area contributed by atoms with Crippen LogP contribution in [-0.2, 0) is 14.3 Å². The minimum Gasteiger partial charge on any atom is -0.485 e. The molecule has 0 amide bonds. The molecule has 4 heteroatoms. The lowest BCUT2D eigenvalue weighted by molar-refractivity contribution is -0.145. The summed E-state index contributed by atoms with van der Waals surface area (Å²) in [5, 5.41) is 0. The number of hydrogen-bond acceptors (Lipinski definition) is 4. The molecule has 0 atom stereocenters. The van der Waals surface area contributed by atoms with Gasteiger partial charge in [0.2, 0.25) is 0 Å². The van der Waals surface area contributed by atoms with Crippen LogP contribution in [0.25, 0.3) is 6.08 Å². The Bertz CT molecular complexity index is 463. The van der Waals surface area contributed by atoms with Gasteiger partial charge in [0, 0.05) is 5.56 Å². The van der Waals surface area contributed by atoms with Gasteiger partial charge in [0.1, 0.15) is 18.8 Å². The largest absolute Gasteiger partial charge is 0.485 e. The highest BCUT2D eigenvalue weighted by Crippen LogP contribution is 2.19. The van der Waals surface area contributed by atoms with Gasteiger partial charge in [-0.05, 0) is 19.9 Å². The number of Topliss-reactive ketones (excluding diaryl/α,β-unsaturated/α-hetero) is 1. The number of ether oxygens (including phenoxy) is 2. The van der Waals surface area contributed by atoms with E-state index in [2.05, 4.69) is 0 Å². The SMILES string of the molecule is CC=Cc1ccccc1OCC(=O)CC(=O)OCC. The number of ketones is 1. The van der Waals surface area contributed by atoms with Crippen molar-refractivity contribution in [1.29, 1.82) is 0 Å². The predicted octanol–water partition coefficient (Wildman–Crippen LogP) is 2.62. The summed E-state index contributed by atoms with van der Waals surface area (Å²) in [6.45, 7) is 3.75. The molecule has 0 fully saturated rings. The third-order valence-electron chi connectivity index (χ3n) is 2.30. The first-order valence-electron chi connectivity index (χ1n) is 6.19. The summed E-state index contributed by atoms with van der Waals surface area (Å²) in [7, 11) is 0. The van der Waals surface area contributed by atoms with Crippen LogP contribution in [0.1, 0.15) is 25.8 Å². The van der Waals surface area contributed by atoms with Gasteiger partial charge >= 0.3 is 5.97 Å². The molecule has 1 aromatic carbocycles. The van der Waals surface area contributed by atoms with Crippen molar-refractivity contribution in [2.75, 3.05) is 13.2 Å². The van der Waals surface area contributed by atoms with Crippen molar-refractivity contribution < 1.29 is 19.1 Å². The Morgan fingerprint density at radius 1 is 1.26 bits per heavy atom. The quantitative estimate of drug-likeness (QED) is 0.560. The van der Waals surface area contributed by atoms with Crippen molar-refractivity contribution in [3.63, 3.8) is 0 Å². The molecule has 0 aliphatic carbocycles. The summed E-state index contributed by atoms with van der Waals surface area (Å²) in [4.78, 5) is 22.7. The van der Waals surface area contributed by atoms with E-state index in [-0.39, 0.29) is 25.4 Å². The third kappa shape index (κ3) is 5.38. The number of carbonyl (C=O) groups is 2. The fraction of sp³-hybridized carbons (Fsp3) is 0.333. The second-order valence-electron chi connectivity index (χ2n) is 3.85. The zero-order valence-corrected chi connectivity index (χ0v) is 11.2. The molecular formula is C15H18O4. The summed E-state index contributed by atoms with van der Waals surface area (Å²) in [5.74, 6) is -0.190. The van der Waals surface area contributed by atoms with E-state index in [1.54, 1.807) is 13.0 Å². The highest BCUT2D eigenvalue weighted by atomic mass is 16.5. The third-order valence-corrected chi connectivity index (χ3v) is 2.30. The fourth-order valence-electron chi connectivity index (χ4n) is 1.51. The lowest BCUT2D eigenvalue weighted by Crippen LogP contribution is -2.17. The number of para-hydroxylation sites is 1. The molecular weight excluding hydrogens is 244 g/mol. The van der Waals surface area contributed by atoms with Gasteiger partial charge in [-0.3, -0.25) is 9.59 Å². The average Bonchev–Trinajstić information content (AvgIpc) is 2.38. The van der Waals surface area contributed by atoms with Crippen molar-refractivity contribution in [2.24, 2.45) is 0 Å². The lowest BCUT2D eigenvalue weighted by atomic mass is 10.2. The Labute approximate surface area is 113 Å². The van der Waals surface area contributed by atoms with Gasteiger partial charge in [-0.1, -0.05) is 30.4 Å². The first-order chi connectivity index (χ1) is 9.17. The van der Waals surface area contributed by atoms with Crippen LogP contribution in [0.15, 0.2) is 30.3 Å². The normalized spacial score (nSPS) is 10.4. The molecule has 0 aromatic heterocycles. The van der Waals surface area contributed by atoms with E-state index >= 15 is 0 Å². The second kappa shape index (κ2) is 8.08. The molecule has 0 spiro atoms. The van der Waals surface area contributed by atoms with Crippen molar-refractivity contribution in [3.8, 4) is 5.75 Å². The molecule has 102 valence electrons. The molecule has 0 heterocycles. The summed E-state index contributed by atoms with van der Waals surface area (Å²) < 4.78 is 10.1. The zero-order chi connectivity index (χ0) is 14.1. The van der Waals surface area contributed by atoms with Crippen molar-refractivity contribution in [3.05, 3.63) is 35.9 Å². The minimum absolute atomic E-state index is 0.132. The maximum absolute atomic E-state index is 11.5. The molecule has 19 heavy (non-hydrogen) atoms. The average molecular weight is 262 g/mol. The molecule has 0 N–H and O–H groups in total. The van der Waals surface area contributed by atoms with E-state index in [0.717, 1.165) is 5.56 Å². The van der Waals surface area contributed by atoms with Crippen LogP contribution < -0.4 is 4.74 Å². The van der Waals surface area contributed by atoms with E-state index in [9.17, 15) is 9.59 Å². The topological polar surface area (TPSA) is 52.6 Å². The van der Waals surface area contributed by atoms with Crippen LogP contribution in [0, 0.1) is 0 Å². The minimum atomic E-state index is -0.516. The molecule has 0 unspecified atom stereocenters. The molecule has 0 saturated carbocycles. The number of esters is 1. The van der Waals surface area contributed by atoms with Gasteiger partial charge in [0.15, 0.2) is 5.78 Å². The van der Waals surface area contributed by atoms with E-state index in [4.69, 9.17) is 9.47 Å². The summed E-state index contributed by atoms with van der Waals surface area (Å²) >= 11 is 0. The van der Waals surface area contributed by atoms with E-state index in [1.165, 1.54) is 0 Å². The molecule has 1 rings (SSSR count). The first kappa shape index (κ1) is 15.0. The van der Waals surface area contributed by atoms with Gasteiger partial charge in [-0.15, -0.1) is 0 Å². The Hall–Kier alpha value is -2.10. The zero-order valence-electron chi connectivity index (χ0n) is 11.2. The van der Waals surface area contributed by atoms with E-state index in [1.807, 2.05) is 37.3 Å². The summed E-state index contributed by atoms with van der Waals surface area (Å²) in [5.41, 5.74) is 0.897. The fourth-order valence-corrected chi connectivity index (χ4v) is 1.51. The lowest BCUT2D eigenvalue weighted by Gasteiger charge is -2.08. The number of rotatable bonds is 7. The summed E-state index contributed by atoms with van der Waals surface area (Å²) in [6.07, 6.45) is 3.54. The monoisotopic (exact) mass is 262 g/mol. The van der Waals surface area contributed by atoms with Crippen LogP contribution in [0.2, 0.25) is 0 Å². The molecule has 1 aromatic rings. The standard InChI is InChI=1S/C15H18O4/c1-3-7-12-8-5-6-9-14(12)19-11-13(16)10-15(17)18-4-2/h3,5-9H,4,10-11H2,1-2H3. The van der Waals surface area contributed by atoms with Gasteiger partial charge in [-0.2, -0.15) is 0 Å². The first-order valence-corrected chi connectivity index (χ1v) is 6.19.